The summed E-state index contributed by atoms with van der Waals surface area (Å²) in [7, 11) is 1.35. The Balaban J connectivity index is 1.50. The quantitative estimate of drug-likeness (QED) is 0.406. The molecule has 3 fully saturated rings. The number of hydrogen-bond acceptors (Lipinski definition) is 7. The highest BCUT2D eigenvalue weighted by Gasteiger charge is 2.67. The first-order chi connectivity index (χ1) is 17.7. The first-order valence-corrected chi connectivity index (χ1v) is 13.1. The highest BCUT2D eigenvalue weighted by molar-refractivity contribution is 6.05. The molecule has 2 saturated carbocycles. The molecular weight excluding hydrogens is 472 g/mol. The number of Topliss-reactive ketones (excluding diaryl/α,β-unsaturated/α-hetero) is 2. The molecule has 0 unspecified atom stereocenters. The molecule has 2 heterocycles. The summed E-state index contributed by atoms with van der Waals surface area (Å²) in [4.78, 5) is 54.2. The molecular formula is C30H34O7. The second-order valence-electron chi connectivity index (χ2n) is 11.4. The van der Waals surface area contributed by atoms with Crippen molar-refractivity contribution in [3.63, 3.8) is 0 Å². The van der Waals surface area contributed by atoms with Crippen molar-refractivity contribution in [2.75, 3.05) is 7.11 Å². The molecule has 1 saturated heterocycles. The topological polar surface area (TPSA) is 99.9 Å². The van der Waals surface area contributed by atoms with Crippen molar-refractivity contribution < 1.29 is 33.1 Å². The Kier molecular flexibility index (Phi) is 6.59. The van der Waals surface area contributed by atoms with E-state index in [1.165, 1.54) is 13.4 Å². The predicted octanol–water partition coefficient (Wildman–Crippen LogP) is 4.89. The average Bonchev–Trinajstić information content (AvgIpc) is 3.42. The number of furan rings is 1. The summed E-state index contributed by atoms with van der Waals surface area (Å²) >= 11 is 0. The summed E-state index contributed by atoms with van der Waals surface area (Å²) < 4.78 is 16.2. The van der Waals surface area contributed by atoms with E-state index in [9.17, 15) is 19.2 Å². The van der Waals surface area contributed by atoms with Crippen LogP contribution in [0.2, 0.25) is 0 Å². The Hall–Kier alpha value is -3.22. The molecule has 7 nitrogen and oxygen atoms in total. The van der Waals surface area contributed by atoms with Crippen LogP contribution < -0.4 is 0 Å². The summed E-state index contributed by atoms with van der Waals surface area (Å²) in [6.45, 7) is 3.94. The van der Waals surface area contributed by atoms with Gasteiger partial charge in [0.1, 0.15) is 17.7 Å². The van der Waals surface area contributed by atoms with E-state index >= 15 is 0 Å². The maximum atomic E-state index is 14.3. The van der Waals surface area contributed by atoms with Crippen LogP contribution in [0.5, 0.6) is 0 Å². The molecule has 0 amide bonds. The van der Waals surface area contributed by atoms with Crippen LogP contribution in [-0.2, 0) is 35.1 Å². The lowest BCUT2D eigenvalue weighted by atomic mass is 9.42. The maximum absolute atomic E-state index is 14.3. The van der Waals surface area contributed by atoms with Gasteiger partial charge in [-0.05, 0) is 54.6 Å². The molecule has 0 radical (unpaired) electrons. The molecule has 3 aliphatic rings. The van der Waals surface area contributed by atoms with Crippen LogP contribution in [-0.4, -0.2) is 30.6 Å². The lowest BCUT2D eigenvalue weighted by molar-refractivity contribution is -0.204. The van der Waals surface area contributed by atoms with Crippen LogP contribution in [0.1, 0.15) is 63.2 Å². The minimum atomic E-state index is -0.896. The van der Waals surface area contributed by atoms with Gasteiger partial charge in [0.05, 0.1) is 37.4 Å². The van der Waals surface area contributed by atoms with Gasteiger partial charge < -0.3 is 13.9 Å². The van der Waals surface area contributed by atoms with Gasteiger partial charge in [0.2, 0.25) is 0 Å². The van der Waals surface area contributed by atoms with Gasteiger partial charge in [-0.25, -0.2) is 0 Å². The standard InChI is InChI=1S/C30H34O7/c1-29-13-11-21-28(34)37-24(19-12-14-36-17-19)16-30(21,2)26(29)25(32)20(15-22(29)27(33)35-3)23(31)10-9-18-7-5-4-6-8-18/h4-8,12,14,17,20-22,24,26H,9-11,13,15-16H2,1-3H3/t20-,21+,22-,24-,26-,29-,30-/m0/s1. The van der Waals surface area contributed by atoms with E-state index in [1.54, 1.807) is 12.3 Å². The van der Waals surface area contributed by atoms with Gasteiger partial charge in [-0.1, -0.05) is 44.2 Å². The van der Waals surface area contributed by atoms with Crippen molar-refractivity contribution in [2.45, 2.75) is 58.5 Å². The highest BCUT2D eigenvalue weighted by Crippen LogP contribution is 2.65. The summed E-state index contributed by atoms with van der Waals surface area (Å²) in [6, 6.07) is 11.4. The van der Waals surface area contributed by atoms with Crippen LogP contribution in [0.4, 0.5) is 0 Å². The van der Waals surface area contributed by atoms with E-state index in [2.05, 4.69) is 0 Å². The van der Waals surface area contributed by atoms with E-state index in [0.29, 0.717) is 25.7 Å². The number of ether oxygens (including phenoxy) is 2. The fraction of sp³-hybridized carbons (Fsp3) is 0.533. The number of methoxy groups -OCH3 is 1. The Morgan fingerprint density at radius 1 is 1.08 bits per heavy atom. The number of ketones is 2. The molecule has 0 N–H and O–H groups in total. The molecule has 7 heteroatoms. The van der Waals surface area contributed by atoms with Crippen molar-refractivity contribution in [2.24, 2.45) is 34.5 Å². The summed E-state index contributed by atoms with van der Waals surface area (Å²) in [5, 5.41) is 0. The smallest absolute Gasteiger partial charge is 0.310 e. The fourth-order valence-corrected chi connectivity index (χ4v) is 7.57. The van der Waals surface area contributed by atoms with Gasteiger partial charge in [0, 0.05) is 17.9 Å². The zero-order chi connectivity index (χ0) is 26.4. The summed E-state index contributed by atoms with van der Waals surface area (Å²) in [6.07, 6.45) is 4.90. The van der Waals surface area contributed by atoms with Crippen molar-refractivity contribution in [3.05, 3.63) is 60.1 Å². The molecule has 37 heavy (non-hydrogen) atoms. The molecule has 1 aliphatic heterocycles. The molecule has 0 bridgehead atoms. The second kappa shape index (κ2) is 9.58. The van der Waals surface area contributed by atoms with Gasteiger partial charge >= 0.3 is 11.9 Å². The van der Waals surface area contributed by atoms with Gasteiger partial charge in [-0.15, -0.1) is 0 Å². The summed E-state index contributed by atoms with van der Waals surface area (Å²) in [5.41, 5.74) is 0.274. The second-order valence-corrected chi connectivity index (χ2v) is 11.4. The number of hydrogen-bond donors (Lipinski definition) is 0. The normalized spacial score (nSPS) is 35.2. The van der Waals surface area contributed by atoms with Gasteiger partial charge in [-0.2, -0.15) is 0 Å². The minimum absolute atomic E-state index is 0.145. The maximum Gasteiger partial charge on any atom is 0.310 e. The van der Waals surface area contributed by atoms with E-state index < -0.39 is 46.6 Å². The zero-order valence-electron chi connectivity index (χ0n) is 21.6. The average molecular weight is 507 g/mol. The van der Waals surface area contributed by atoms with E-state index in [1.807, 2.05) is 44.2 Å². The third-order valence-electron chi connectivity index (χ3n) is 9.44. The molecule has 0 spiro atoms. The number of benzene rings is 1. The monoisotopic (exact) mass is 506 g/mol. The van der Waals surface area contributed by atoms with E-state index in [4.69, 9.17) is 13.9 Å². The Morgan fingerprint density at radius 3 is 2.51 bits per heavy atom. The third-order valence-corrected chi connectivity index (χ3v) is 9.44. The van der Waals surface area contributed by atoms with Gasteiger partial charge in [-0.3, -0.25) is 19.2 Å². The van der Waals surface area contributed by atoms with Crippen LogP contribution >= 0.6 is 0 Å². The Morgan fingerprint density at radius 2 is 1.84 bits per heavy atom. The summed E-state index contributed by atoms with van der Waals surface area (Å²) in [5.74, 6) is -3.65. The van der Waals surface area contributed by atoms with E-state index in [-0.39, 0.29) is 30.4 Å². The molecule has 2 aliphatic carbocycles. The molecule has 2 aromatic rings. The zero-order valence-corrected chi connectivity index (χ0v) is 21.6. The minimum Gasteiger partial charge on any atom is -0.472 e. The molecule has 1 aromatic heterocycles. The number of aryl methyl sites for hydroxylation is 1. The lowest BCUT2D eigenvalue weighted by Crippen LogP contribution is -2.64. The number of rotatable bonds is 6. The number of esters is 2. The van der Waals surface area contributed by atoms with Gasteiger partial charge in [0.25, 0.3) is 0 Å². The Bertz CT molecular complexity index is 1190. The first-order valence-electron chi connectivity index (χ1n) is 13.1. The number of carbonyl (C=O) groups is 4. The van der Waals surface area contributed by atoms with Crippen molar-refractivity contribution in [1.29, 1.82) is 0 Å². The Labute approximate surface area is 216 Å². The molecule has 1 aromatic carbocycles. The van der Waals surface area contributed by atoms with E-state index in [0.717, 1.165) is 11.1 Å². The first kappa shape index (κ1) is 25.4. The SMILES string of the molecule is COC(=O)[C@@H]1C[C@@H](C(=O)CCc2ccccc2)C(=O)[C@@H]2[C@@]3(C)C[C@@H](c4ccoc4)OC(=O)[C@H]3CC[C@]21C. The third kappa shape index (κ3) is 4.22. The van der Waals surface area contributed by atoms with Crippen LogP contribution in [0, 0.1) is 34.5 Å². The predicted molar refractivity (Wildman–Crippen MR) is 133 cm³/mol. The van der Waals surface area contributed by atoms with Crippen molar-refractivity contribution in [1.82, 2.24) is 0 Å². The number of fused-ring (bicyclic) bond motifs is 3. The largest absolute Gasteiger partial charge is 0.472 e. The van der Waals surface area contributed by atoms with Gasteiger partial charge in [0.15, 0.2) is 0 Å². The fourth-order valence-electron chi connectivity index (χ4n) is 7.57. The van der Waals surface area contributed by atoms with Crippen LogP contribution in [0.3, 0.4) is 0 Å². The highest BCUT2D eigenvalue weighted by atomic mass is 16.5. The molecule has 196 valence electrons. The van der Waals surface area contributed by atoms with Crippen molar-refractivity contribution >= 4 is 23.5 Å². The van der Waals surface area contributed by atoms with Crippen LogP contribution in [0.25, 0.3) is 0 Å². The molecule has 5 rings (SSSR count). The lowest BCUT2D eigenvalue weighted by Gasteiger charge is -2.61. The van der Waals surface area contributed by atoms with Crippen molar-refractivity contribution in [3.8, 4) is 0 Å². The molecule has 7 atom stereocenters. The van der Waals surface area contributed by atoms with Crippen LogP contribution in [0.15, 0.2) is 53.3 Å². The number of cyclic esters (lactones) is 1. The number of carbonyl (C=O) groups excluding carboxylic acids is 4.